The average molecular weight is 193 g/mol. The molecule has 0 aliphatic rings. The summed E-state index contributed by atoms with van der Waals surface area (Å²) in [4.78, 5) is 8.78. The highest BCUT2D eigenvalue weighted by Crippen LogP contribution is 2.20. The molecule has 1 unspecified atom stereocenters. The smallest absolute Gasteiger partial charge is 0.133 e. The Morgan fingerprint density at radius 1 is 1.29 bits per heavy atom. The van der Waals surface area contributed by atoms with Crippen LogP contribution >= 0.6 is 0 Å². The molecule has 1 heterocycles. The summed E-state index contributed by atoms with van der Waals surface area (Å²) in [6, 6.07) is 0. The minimum atomic E-state index is 0.404. The van der Waals surface area contributed by atoms with Crippen molar-refractivity contribution in [3.8, 4) is 0 Å². The van der Waals surface area contributed by atoms with Gasteiger partial charge in [-0.3, -0.25) is 0 Å². The third-order valence-electron chi connectivity index (χ3n) is 2.61. The van der Waals surface area contributed by atoms with Crippen LogP contribution in [0.15, 0.2) is 0 Å². The van der Waals surface area contributed by atoms with Crippen LogP contribution in [0.25, 0.3) is 0 Å². The number of hydrogen-bond donors (Lipinski definition) is 1. The molecule has 14 heavy (non-hydrogen) atoms. The van der Waals surface area contributed by atoms with Crippen molar-refractivity contribution in [3.63, 3.8) is 0 Å². The number of anilines is 1. The van der Waals surface area contributed by atoms with E-state index in [9.17, 15) is 0 Å². The van der Waals surface area contributed by atoms with Crippen molar-refractivity contribution in [3.05, 3.63) is 17.1 Å². The number of aromatic nitrogens is 2. The van der Waals surface area contributed by atoms with Gasteiger partial charge in [-0.1, -0.05) is 20.3 Å². The van der Waals surface area contributed by atoms with E-state index in [1.165, 1.54) is 0 Å². The molecule has 1 atom stereocenters. The topological polar surface area (TPSA) is 51.8 Å². The van der Waals surface area contributed by atoms with Crippen LogP contribution in [0.4, 0.5) is 5.82 Å². The van der Waals surface area contributed by atoms with E-state index in [-0.39, 0.29) is 0 Å². The highest BCUT2D eigenvalue weighted by atomic mass is 15.0. The minimum absolute atomic E-state index is 0.404. The maximum Gasteiger partial charge on any atom is 0.133 e. The standard InChI is InChI=1S/C11H19N3/c1-5-6-7(2)11-13-9(4)8(3)10(12)14-11/h7H,5-6H2,1-4H3,(H2,12,13,14). The van der Waals surface area contributed by atoms with Gasteiger partial charge in [0.15, 0.2) is 0 Å². The number of nitrogens with two attached hydrogens (primary N) is 1. The van der Waals surface area contributed by atoms with Crippen molar-refractivity contribution in [2.45, 2.75) is 46.5 Å². The fourth-order valence-electron chi connectivity index (χ4n) is 1.46. The van der Waals surface area contributed by atoms with Crippen molar-refractivity contribution in [2.24, 2.45) is 0 Å². The lowest BCUT2D eigenvalue weighted by Crippen LogP contribution is -2.07. The van der Waals surface area contributed by atoms with Gasteiger partial charge in [0.05, 0.1) is 0 Å². The molecule has 0 aliphatic carbocycles. The number of aryl methyl sites for hydroxylation is 1. The highest BCUT2D eigenvalue weighted by molar-refractivity contribution is 5.40. The van der Waals surface area contributed by atoms with E-state index in [4.69, 9.17) is 5.73 Å². The fourth-order valence-corrected chi connectivity index (χ4v) is 1.46. The van der Waals surface area contributed by atoms with Crippen LogP contribution in [0.2, 0.25) is 0 Å². The van der Waals surface area contributed by atoms with E-state index in [1.807, 2.05) is 13.8 Å². The summed E-state index contributed by atoms with van der Waals surface area (Å²) in [6.07, 6.45) is 2.26. The minimum Gasteiger partial charge on any atom is -0.383 e. The zero-order valence-electron chi connectivity index (χ0n) is 9.46. The Bertz CT molecular complexity index is 297. The van der Waals surface area contributed by atoms with E-state index in [0.717, 1.165) is 29.9 Å². The lowest BCUT2D eigenvalue weighted by Gasteiger charge is -2.11. The van der Waals surface area contributed by atoms with Crippen molar-refractivity contribution in [2.75, 3.05) is 5.73 Å². The highest BCUT2D eigenvalue weighted by Gasteiger charge is 2.11. The first kappa shape index (κ1) is 11.0. The zero-order chi connectivity index (χ0) is 10.7. The van der Waals surface area contributed by atoms with Crippen LogP contribution in [0.5, 0.6) is 0 Å². The molecule has 0 saturated heterocycles. The van der Waals surface area contributed by atoms with Crippen LogP contribution in [0.3, 0.4) is 0 Å². The summed E-state index contributed by atoms with van der Waals surface area (Å²) in [5.74, 6) is 1.91. The summed E-state index contributed by atoms with van der Waals surface area (Å²) in [7, 11) is 0. The Morgan fingerprint density at radius 3 is 2.43 bits per heavy atom. The SMILES string of the molecule is CCCC(C)c1nc(C)c(C)c(N)n1. The second-order valence-electron chi connectivity index (χ2n) is 3.87. The van der Waals surface area contributed by atoms with Gasteiger partial charge in [0.1, 0.15) is 11.6 Å². The van der Waals surface area contributed by atoms with Crippen molar-refractivity contribution < 1.29 is 0 Å². The molecule has 0 amide bonds. The van der Waals surface area contributed by atoms with Crippen LogP contribution in [-0.2, 0) is 0 Å². The van der Waals surface area contributed by atoms with Crippen LogP contribution in [-0.4, -0.2) is 9.97 Å². The first-order valence-electron chi connectivity index (χ1n) is 5.16. The second-order valence-corrected chi connectivity index (χ2v) is 3.87. The molecule has 1 aromatic rings. The van der Waals surface area contributed by atoms with Gasteiger partial charge in [0.2, 0.25) is 0 Å². The van der Waals surface area contributed by atoms with Gasteiger partial charge in [0.25, 0.3) is 0 Å². The molecule has 0 spiro atoms. The van der Waals surface area contributed by atoms with Crippen LogP contribution in [0.1, 0.15) is 49.7 Å². The van der Waals surface area contributed by atoms with Gasteiger partial charge in [-0.15, -0.1) is 0 Å². The molecular formula is C11H19N3. The van der Waals surface area contributed by atoms with E-state index in [2.05, 4.69) is 23.8 Å². The summed E-state index contributed by atoms with van der Waals surface area (Å²) in [5.41, 5.74) is 7.80. The lowest BCUT2D eigenvalue weighted by atomic mass is 10.1. The van der Waals surface area contributed by atoms with Crippen LogP contribution < -0.4 is 5.73 Å². The first-order valence-corrected chi connectivity index (χ1v) is 5.16. The van der Waals surface area contributed by atoms with Gasteiger partial charge in [0, 0.05) is 17.2 Å². The molecule has 1 rings (SSSR count). The van der Waals surface area contributed by atoms with E-state index in [1.54, 1.807) is 0 Å². The average Bonchev–Trinajstić information content (AvgIpc) is 2.13. The van der Waals surface area contributed by atoms with Crippen LogP contribution in [0, 0.1) is 13.8 Å². The molecule has 0 radical (unpaired) electrons. The van der Waals surface area contributed by atoms with Gasteiger partial charge in [-0.2, -0.15) is 0 Å². The normalized spacial score (nSPS) is 12.9. The predicted molar refractivity (Wildman–Crippen MR) is 59.2 cm³/mol. The third-order valence-corrected chi connectivity index (χ3v) is 2.61. The Kier molecular flexibility index (Phi) is 3.44. The lowest BCUT2D eigenvalue weighted by molar-refractivity contribution is 0.624. The molecule has 0 bridgehead atoms. The largest absolute Gasteiger partial charge is 0.383 e. The van der Waals surface area contributed by atoms with E-state index in [0.29, 0.717) is 11.7 Å². The maximum atomic E-state index is 5.80. The molecule has 1 aromatic heterocycles. The Balaban J connectivity index is 3.00. The molecule has 0 saturated carbocycles. The molecule has 3 heteroatoms. The molecule has 0 fully saturated rings. The Labute approximate surface area is 85.8 Å². The molecule has 0 aromatic carbocycles. The fraction of sp³-hybridized carbons (Fsp3) is 0.636. The van der Waals surface area contributed by atoms with E-state index >= 15 is 0 Å². The van der Waals surface area contributed by atoms with Gasteiger partial charge >= 0.3 is 0 Å². The maximum absolute atomic E-state index is 5.80. The molecular weight excluding hydrogens is 174 g/mol. The Hall–Kier alpha value is -1.12. The number of nitrogens with zero attached hydrogens (tertiary/aromatic N) is 2. The number of nitrogen functional groups attached to an aromatic ring is 1. The van der Waals surface area contributed by atoms with Crippen molar-refractivity contribution >= 4 is 5.82 Å². The number of hydrogen-bond acceptors (Lipinski definition) is 3. The molecule has 0 aliphatic heterocycles. The zero-order valence-corrected chi connectivity index (χ0v) is 9.46. The molecule has 2 N–H and O–H groups in total. The van der Waals surface area contributed by atoms with Crippen molar-refractivity contribution in [1.82, 2.24) is 9.97 Å². The third kappa shape index (κ3) is 2.22. The first-order chi connectivity index (χ1) is 6.56. The predicted octanol–water partition coefficient (Wildman–Crippen LogP) is 2.58. The monoisotopic (exact) mass is 193 g/mol. The molecule has 3 nitrogen and oxygen atoms in total. The summed E-state index contributed by atoms with van der Waals surface area (Å²) >= 11 is 0. The molecule has 78 valence electrons. The van der Waals surface area contributed by atoms with Gasteiger partial charge in [-0.25, -0.2) is 9.97 Å². The van der Waals surface area contributed by atoms with Gasteiger partial charge in [-0.05, 0) is 20.3 Å². The number of rotatable bonds is 3. The van der Waals surface area contributed by atoms with Crippen molar-refractivity contribution in [1.29, 1.82) is 0 Å². The summed E-state index contributed by atoms with van der Waals surface area (Å²) in [5, 5.41) is 0. The Morgan fingerprint density at radius 2 is 1.93 bits per heavy atom. The summed E-state index contributed by atoms with van der Waals surface area (Å²) in [6.45, 7) is 8.25. The van der Waals surface area contributed by atoms with Gasteiger partial charge < -0.3 is 5.73 Å². The quantitative estimate of drug-likeness (QED) is 0.802. The van der Waals surface area contributed by atoms with E-state index < -0.39 is 0 Å². The summed E-state index contributed by atoms with van der Waals surface area (Å²) < 4.78 is 0. The second kappa shape index (κ2) is 4.40.